The summed E-state index contributed by atoms with van der Waals surface area (Å²) in [6, 6.07) is 4.62. The molecule has 0 unspecified atom stereocenters. The number of alkyl halides is 3. The highest BCUT2D eigenvalue weighted by Crippen LogP contribution is 2.34. The summed E-state index contributed by atoms with van der Waals surface area (Å²) in [5, 5.41) is 0.554. The van der Waals surface area contributed by atoms with Crippen LogP contribution < -0.4 is 4.90 Å². The molecule has 2 aromatic heterocycles. The molecule has 1 fully saturated rings. The van der Waals surface area contributed by atoms with Gasteiger partial charge in [0.15, 0.2) is 17.2 Å². The molecule has 0 atom stereocenters. The number of benzene rings is 1. The number of halogens is 4. The average Bonchev–Trinajstić information content (AvgIpc) is 3.21. The van der Waals surface area contributed by atoms with Gasteiger partial charge in [-0.15, -0.1) is 0 Å². The molecule has 0 N–H and O–H groups in total. The van der Waals surface area contributed by atoms with Crippen molar-refractivity contribution in [2.45, 2.75) is 31.9 Å². The lowest BCUT2D eigenvalue weighted by Gasteiger charge is -2.32. The summed E-state index contributed by atoms with van der Waals surface area (Å²) in [6.07, 6.45) is -0.731. The molecule has 3 aromatic rings. The molecule has 0 radical (unpaired) electrons. The molecule has 0 aliphatic carbocycles. The minimum absolute atomic E-state index is 0.0502. The number of hydrogen-bond acceptors (Lipinski definition) is 5. The van der Waals surface area contributed by atoms with Crippen LogP contribution in [0.3, 0.4) is 0 Å². The highest BCUT2D eigenvalue weighted by Gasteiger charge is 2.28. The predicted molar refractivity (Wildman–Crippen MR) is 103 cm³/mol. The Bertz CT molecular complexity index is 1060. The van der Waals surface area contributed by atoms with Crippen molar-refractivity contribution in [2.24, 2.45) is 5.92 Å². The van der Waals surface area contributed by atoms with E-state index in [9.17, 15) is 22.4 Å². The molecule has 5 nitrogen and oxygen atoms in total. The maximum Gasteiger partial charge on any atom is 0.389 e. The number of anilines is 1. The van der Waals surface area contributed by atoms with E-state index < -0.39 is 18.4 Å². The molecule has 1 aliphatic rings. The maximum atomic E-state index is 14.4. The number of rotatable bonds is 5. The van der Waals surface area contributed by atoms with Gasteiger partial charge in [-0.2, -0.15) is 13.2 Å². The van der Waals surface area contributed by atoms with Crippen LogP contribution in [0.15, 0.2) is 35.1 Å². The van der Waals surface area contributed by atoms with Gasteiger partial charge in [0.25, 0.3) is 0 Å². The number of aryl methyl sites for hydroxylation is 1. The zero-order valence-electron chi connectivity index (χ0n) is 16.0. The number of piperidine rings is 1. The van der Waals surface area contributed by atoms with Crippen molar-refractivity contribution < 1.29 is 26.8 Å². The number of carbonyl (C=O) groups is 1. The molecular weight excluding hydrogens is 402 g/mol. The van der Waals surface area contributed by atoms with E-state index >= 15 is 0 Å². The van der Waals surface area contributed by atoms with Crippen LogP contribution in [-0.2, 0) is 11.2 Å². The van der Waals surface area contributed by atoms with Crippen LogP contribution in [0.2, 0.25) is 0 Å². The van der Waals surface area contributed by atoms with Crippen molar-refractivity contribution in [3.63, 3.8) is 0 Å². The van der Waals surface area contributed by atoms with Crippen LogP contribution in [0.4, 0.5) is 23.4 Å². The predicted octanol–water partition coefficient (Wildman–Crippen LogP) is 4.94. The first-order chi connectivity index (χ1) is 14.3. The van der Waals surface area contributed by atoms with Gasteiger partial charge < -0.3 is 14.1 Å². The lowest BCUT2D eigenvalue weighted by atomic mass is 9.98. The normalized spacial score (nSPS) is 15.7. The Kier molecular flexibility index (Phi) is 5.44. The molecule has 1 aliphatic heterocycles. The molecule has 158 valence electrons. The van der Waals surface area contributed by atoms with Gasteiger partial charge in [0.2, 0.25) is 0 Å². The van der Waals surface area contributed by atoms with Gasteiger partial charge in [-0.25, -0.2) is 9.37 Å². The number of furan rings is 1. The number of aromatic nitrogens is 2. The van der Waals surface area contributed by atoms with E-state index in [-0.39, 0.29) is 23.6 Å². The van der Waals surface area contributed by atoms with E-state index in [0.717, 1.165) is 6.29 Å². The van der Waals surface area contributed by atoms with E-state index in [1.807, 2.05) is 4.90 Å². The van der Waals surface area contributed by atoms with Crippen molar-refractivity contribution in [3.05, 3.63) is 42.2 Å². The molecule has 0 amide bonds. The van der Waals surface area contributed by atoms with E-state index in [4.69, 9.17) is 4.42 Å². The molecule has 4 rings (SSSR count). The fraction of sp³-hybridized carbons (Fsp3) is 0.381. The van der Waals surface area contributed by atoms with Gasteiger partial charge in [0, 0.05) is 42.6 Å². The minimum atomic E-state index is -4.29. The van der Waals surface area contributed by atoms with Gasteiger partial charge in [-0.3, -0.25) is 4.98 Å². The van der Waals surface area contributed by atoms with Gasteiger partial charge in [-0.1, -0.05) is 0 Å². The van der Waals surface area contributed by atoms with E-state index in [2.05, 4.69) is 9.97 Å². The molecule has 0 saturated carbocycles. The Balaban J connectivity index is 1.73. The first-order valence-corrected chi connectivity index (χ1v) is 9.64. The van der Waals surface area contributed by atoms with E-state index in [0.29, 0.717) is 48.4 Å². The van der Waals surface area contributed by atoms with Gasteiger partial charge in [-0.05, 0) is 37.5 Å². The second-order valence-corrected chi connectivity index (χ2v) is 7.41. The minimum Gasteiger partial charge on any atom is -0.461 e. The summed E-state index contributed by atoms with van der Waals surface area (Å²) in [4.78, 5) is 21.8. The van der Waals surface area contributed by atoms with Gasteiger partial charge in [0.1, 0.15) is 12.0 Å². The van der Waals surface area contributed by atoms with Crippen molar-refractivity contribution in [2.75, 3.05) is 18.0 Å². The van der Waals surface area contributed by atoms with Crippen LogP contribution in [0.1, 0.15) is 25.0 Å². The SMILES string of the molecule is O=CC1CCN(c2nc(CCC(F)(F)F)cnc2-c2cc(F)c3occc3c2)CC1. The van der Waals surface area contributed by atoms with Crippen molar-refractivity contribution in [3.8, 4) is 11.3 Å². The highest BCUT2D eigenvalue weighted by molar-refractivity contribution is 5.85. The van der Waals surface area contributed by atoms with Crippen LogP contribution in [0.5, 0.6) is 0 Å². The fourth-order valence-corrected chi connectivity index (χ4v) is 3.65. The summed E-state index contributed by atoms with van der Waals surface area (Å²) in [5.74, 6) is -0.201. The summed E-state index contributed by atoms with van der Waals surface area (Å²) in [6.45, 7) is 1.04. The molecule has 9 heteroatoms. The lowest BCUT2D eigenvalue weighted by molar-refractivity contribution is -0.134. The maximum absolute atomic E-state index is 14.4. The Hall–Kier alpha value is -2.97. The fourth-order valence-electron chi connectivity index (χ4n) is 3.65. The van der Waals surface area contributed by atoms with Crippen molar-refractivity contribution in [1.29, 1.82) is 0 Å². The lowest BCUT2D eigenvalue weighted by Crippen LogP contribution is -2.35. The van der Waals surface area contributed by atoms with E-state index in [1.54, 1.807) is 12.1 Å². The molecule has 0 spiro atoms. The van der Waals surface area contributed by atoms with E-state index in [1.165, 1.54) is 18.5 Å². The topological polar surface area (TPSA) is 59.2 Å². The number of hydrogen-bond donors (Lipinski definition) is 0. The third-order valence-electron chi connectivity index (χ3n) is 5.28. The zero-order valence-corrected chi connectivity index (χ0v) is 16.0. The zero-order chi connectivity index (χ0) is 21.3. The Labute approximate surface area is 169 Å². The molecule has 1 saturated heterocycles. The van der Waals surface area contributed by atoms with Crippen LogP contribution >= 0.6 is 0 Å². The smallest absolute Gasteiger partial charge is 0.389 e. The molecule has 3 heterocycles. The third-order valence-corrected chi connectivity index (χ3v) is 5.28. The van der Waals surface area contributed by atoms with Crippen LogP contribution in [0, 0.1) is 11.7 Å². The molecule has 1 aromatic carbocycles. The average molecular weight is 421 g/mol. The summed E-state index contributed by atoms with van der Waals surface area (Å²) < 4.78 is 57.5. The second kappa shape index (κ2) is 8.04. The third kappa shape index (κ3) is 4.29. The molecular formula is C21H19F4N3O2. The van der Waals surface area contributed by atoms with Gasteiger partial charge in [0.05, 0.1) is 12.0 Å². The largest absolute Gasteiger partial charge is 0.461 e. The van der Waals surface area contributed by atoms with Crippen LogP contribution in [-0.4, -0.2) is 35.5 Å². The number of nitrogens with zero attached hydrogens (tertiary/aromatic N) is 3. The first-order valence-electron chi connectivity index (χ1n) is 9.64. The Morgan fingerprint density at radius 2 is 2.00 bits per heavy atom. The molecule has 0 bridgehead atoms. The number of aldehydes is 1. The van der Waals surface area contributed by atoms with Crippen molar-refractivity contribution in [1.82, 2.24) is 9.97 Å². The Morgan fingerprint density at radius 3 is 2.70 bits per heavy atom. The summed E-state index contributed by atoms with van der Waals surface area (Å²) in [5.41, 5.74) is 1.19. The highest BCUT2D eigenvalue weighted by atomic mass is 19.4. The standard InChI is InChI=1S/C21H19F4N3O2/c22-17-10-15(9-14-4-8-30-19(14)17)18-20(28-6-2-13(12-29)3-7-28)27-16(11-26-18)1-5-21(23,24)25/h4,8-13H,1-3,5-7H2. The number of carbonyl (C=O) groups excluding carboxylic acids is 1. The summed E-state index contributed by atoms with van der Waals surface area (Å²) in [7, 11) is 0. The van der Waals surface area contributed by atoms with Gasteiger partial charge >= 0.3 is 6.18 Å². The first kappa shape index (κ1) is 20.3. The molecule has 30 heavy (non-hydrogen) atoms. The quantitative estimate of drug-likeness (QED) is 0.432. The number of fused-ring (bicyclic) bond motifs is 1. The van der Waals surface area contributed by atoms with Crippen molar-refractivity contribution >= 4 is 23.1 Å². The van der Waals surface area contributed by atoms with Crippen LogP contribution in [0.25, 0.3) is 22.2 Å². The Morgan fingerprint density at radius 1 is 1.23 bits per heavy atom. The monoisotopic (exact) mass is 421 g/mol. The second-order valence-electron chi connectivity index (χ2n) is 7.41. The summed E-state index contributed by atoms with van der Waals surface area (Å²) >= 11 is 0.